The molecule has 0 aliphatic carbocycles. The molecule has 0 saturated carbocycles. The Labute approximate surface area is 99.5 Å². The number of benzene rings is 1. The second-order valence-electron chi connectivity index (χ2n) is 4.43. The third kappa shape index (κ3) is 3.34. The predicted octanol–water partition coefficient (Wildman–Crippen LogP) is 4.47. The van der Waals surface area contributed by atoms with E-state index in [4.69, 9.17) is 0 Å². The summed E-state index contributed by atoms with van der Waals surface area (Å²) < 4.78 is 0. The normalized spacial score (nSPS) is 12.8. The van der Waals surface area contributed by atoms with E-state index in [2.05, 4.69) is 32.0 Å². The van der Waals surface area contributed by atoms with Crippen LogP contribution in [0.4, 0.5) is 0 Å². The van der Waals surface area contributed by atoms with Gasteiger partial charge in [0.05, 0.1) is 0 Å². The molecular weight excluding hydrogens is 196 g/mol. The third-order valence-corrected chi connectivity index (χ3v) is 2.98. The minimum Gasteiger partial charge on any atom is -0.228 e. The smallest absolute Gasteiger partial charge is 0.118 e. The van der Waals surface area contributed by atoms with Gasteiger partial charge in [-0.15, -0.1) is 0 Å². The summed E-state index contributed by atoms with van der Waals surface area (Å²) in [5.41, 5.74) is 3.66. The van der Waals surface area contributed by atoms with Crippen molar-refractivity contribution >= 4 is 0 Å². The quantitative estimate of drug-likeness (QED) is 0.672. The number of aryl methyl sites for hydroxylation is 2. The Balaban J connectivity index is 2.98. The molecule has 1 aromatic rings. The second-order valence-corrected chi connectivity index (χ2v) is 4.43. The van der Waals surface area contributed by atoms with Crippen LogP contribution in [0.15, 0.2) is 18.2 Å². The number of hydrogen-bond donors (Lipinski definition) is 0. The molecule has 0 bridgehead atoms. The Kier molecular flexibility index (Phi) is 5.54. The van der Waals surface area contributed by atoms with Crippen molar-refractivity contribution in [2.24, 2.45) is 0 Å². The van der Waals surface area contributed by atoms with Gasteiger partial charge in [-0.1, -0.05) is 51.8 Å². The largest absolute Gasteiger partial charge is 0.228 e. The van der Waals surface area contributed by atoms with E-state index in [1.807, 2.05) is 6.92 Å². The van der Waals surface area contributed by atoms with Crippen molar-refractivity contribution in [2.75, 3.05) is 0 Å². The third-order valence-electron chi connectivity index (χ3n) is 2.98. The fraction of sp³-hybridized carbons (Fsp3) is 0.600. The van der Waals surface area contributed by atoms with Crippen LogP contribution in [0.2, 0.25) is 0 Å². The van der Waals surface area contributed by atoms with Crippen LogP contribution in [0.5, 0.6) is 0 Å². The molecule has 16 heavy (non-hydrogen) atoms. The number of hydrogen-bond acceptors (Lipinski definition) is 0. The first-order valence-corrected chi connectivity index (χ1v) is 6.50. The maximum absolute atomic E-state index is 11.9. The zero-order valence-corrected chi connectivity index (χ0v) is 10.8. The van der Waals surface area contributed by atoms with E-state index in [0.717, 1.165) is 24.8 Å². The Bertz CT molecular complexity index is 317. The van der Waals surface area contributed by atoms with E-state index in [1.165, 1.54) is 17.5 Å². The van der Waals surface area contributed by atoms with E-state index in [0.29, 0.717) is 6.42 Å². The highest BCUT2D eigenvalue weighted by Gasteiger charge is 2.11. The standard InChI is InChI=1S/C15H23O/c1-4-7-12-9-10-14(15(16)6-3)13(11-12)8-5-2/h9-11,15H,4-8H2,1-3H3. The van der Waals surface area contributed by atoms with E-state index < -0.39 is 6.10 Å². The summed E-state index contributed by atoms with van der Waals surface area (Å²) in [6.07, 6.45) is 4.57. The van der Waals surface area contributed by atoms with Gasteiger partial charge in [0.2, 0.25) is 0 Å². The van der Waals surface area contributed by atoms with Crippen LogP contribution >= 0.6 is 0 Å². The van der Waals surface area contributed by atoms with Crippen molar-refractivity contribution in [1.29, 1.82) is 0 Å². The molecule has 0 aliphatic heterocycles. The number of rotatable bonds is 6. The van der Waals surface area contributed by atoms with Gasteiger partial charge in [0.1, 0.15) is 6.10 Å². The zero-order chi connectivity index (χ0) is 12.0. The van der Waals surface area contributed by atoms with Crippen molar-refractivity contribution in [2.45, 2.75) is 59.0 Å². The van der Waals surface area contributed by atoms with Gasteiger partial charge in [0.25, 0.3) is 0 Å². The lowest BCUT2D eigenvalue weighted by molar-refractivity contribution is 0.0849. The van der Waals surface area contributed by atoms with Crippen molar-refractivity contribution in [3.63, 3.8) is 0 Å². The molecule has 0 N–H and O–H groups in total. The maximum Gasteiger partial charge on any atom is 0.118 e. The summed E-state index contributed by atoms with van der Waals surface area (Å²) in [6.45, 7) is 6.32. The van der Waals surface area contributed by atoms with Gasteiger partial charge in [-0.05, 0) is 36.0 Å². The molecule has 0 spiro atoms. The Hall–Kier alpha value is -0.820. The lowest BCUT2D eigenvalue weighted by Crippen LogP contribution is -2.01. The maximum atomic E-state index is 11.9. The molecular formula is C15H23O. The molecule has 0 saturated heterocycles. The first-order valence-electron chi connectivity index (χ1n) is 6.50. The molecule has 1 nitrogen and oxygen atoms in total. The average molecular weight is 219 g/mol. The molecule has 0 amide bonds. The lowest BCUT2D eigenvalue weighted by Gasteiger charge is -2.13. The summed E-state index contributed by atoms with van der Waals surface area (Å²) in [5.74, 6) is 0. The fourth-order valence-corrected chi connectivity index (χ4v) is 2.12. The van der Waals surface area contributed by atoms with Gasteiger partial charge in [-0.2, -0.15) is 0 Å². The molecule has 0 aromatic heterocycles. The van der Waals surface area contributed by atoms with Gasteiger partial charge in [0, 0.05) is 0 Å². The Morgan fingerprint density at radius 3 is 2.31 bits per heavy atom. The molecule has 89 valence electrons. The van der Waals surface area contributed by atoms with Crippen LogP contribution < -0.4 is 0 Å². The Morgan fingerprint density at radius 1 is 1.06 bits per heavy atom. The van der Waals surface area contributed by atoms with E-state index >= 15 is 0 Å². The van der Waals surface area contributed by atoms with E-state index in [1.54, 1.807) is 0 Å². The van der Waals surface area contributed by atoms with Gasteiger partial charge in [-0.3, -0.25) is 0 Å². The van der Waals surface area contributed by atoms with Crippen molar-refractivity contribution in [1.82, 2.24) is 0 Å². The van der Waals surface area contributed by atoms with Crippen LogP contribution in [0.3, 0.4) is 0 Å². The van der Waals surface area contributed by atoms with Crippen LogP contribution in [0.25, 0.3) is 0 Å². The van der Waals surface area contributed by atoms with Crippen molar-refractivity contribution in [3.05, 3.63) is 34.9 Å². The molecule has 1 heteroatoms. The molecule has 1 rings (SSSR count). The van der Waals surface area contributed by atoms with Crippen molar-refractivity contribution < 1.29 is 5.11 Å². The van der Waals surface area contributed by atoms with Crippen LogP contribution in [-0.2, 0) is 17.9 Å². The second kappa shape index (κ2) is 6.70. The molecule has 1 atom stereocenters. The predicted molar refractivity (Wildman–Crippen MR) is 68.2 cm³/mol. The highest BCUT2D eigenvalue weighted by molar-refractivity contribution is 5.34. The summed E-state index contributed by atoms with van der Waals surface area (Å²) >= 11 is 0. The Morgan fingerprint density at radius 2 is 1.75 bits per heavy atom. The highest BCUT2D eigenvalue weighted by Crippen LogP contribution is 2.24. The highest BCUT2D eigenvalue weighted by atomic mass is 16.3. The minimum absolute atomic E-state index is 0.544. The SMILES string of the molecule is CCCc1ccc(C([O])CC)c(CCC)c1. The van der Waals surface area contributed by atoms with Gasteiger partial charge >= 0.3 is 0 Å². The monoisotopic (exact) mass is 219 g/mol. The first-order chi connectivity index (χ1) is 7.72. The fourth-order valence-electron chi connectivity index (χ4n) is 2.12. The zero-order valence-electron chi connectivity index (χ0n) is 10.8. The summed E-state index contributed by atoms with van der Waals surface area (Å²) in [6, 6.07) is 6.42. The molecule has 0 aliphatic rings. The van der Waals surface area contributed by atoms with E-state index in [9.17, 15) is 5.11 Å². The molecule has 1 unspecified atom stereocenters. The molecule has 0 heterocycles. The minimum atomic E-state index is -0.544. The molecule has 0 fully saturated rings. The topological polar surface area (TPSA) is 19.9 Å². The van der Waals surface area contributed by atoms with Gasteiger partial charge < -0.3 is 0 Å². The van der Waals surface area contributed by atoms with Crippen LogP contribution in [-0.4, -0.2) is 0 Å². The van der Waals surface area contributed by atoms with Crippen LogP contribution in [0.1, 0.15) is 62.8 Å². The summed E-state index contributed by atoms with van der Waals surface area (Å²) in [7, 11) is 0. The molecule has 1 radical (unpaired) electrons. The van der Waals surface area contributed by atoms with Gasteiger partial charge in [-0.25, -0.2) is 5.11 Å². The van der Waals surface area contributed by atoms with Crippen molar-refractivity contribution in [3.8, 4) is 0 Å². The lowest BCUT2D eigenvalue weighted by atomic mass is 9.94. The summed E-state index contributed by atoms with van der Waals surface area (Å²) in [4.78, 5) is 0. The summed E-state index contributed by atoms with van der Waals surface area (Å²) in [5, 5.41) is 11.9. The van der Waals surface area contributed by atoms with Crippen LogP contribution in [0, 0.1) is 0 Å². The first kappa shape index (κ1) is 13.2. The average Bonchev–Trinajstić information content (AvgIpc) is 2.29. The van der Waals surface area contributed by atoms with E-state index in [-0.39, 0.29) is 0 Å². The van der Waals surface area contributed by atoms with Gasteiger partial charge in [0.15, 0.2) is 0 Å². The molecule has 1 aromatic carbocycles.